The van der Waals surface area contributed by atoms with Gasteiger partial charge in [-0.1, -0.05) is 6.92 Å². The van der Waals surface area contributed by atoms with E-state index in [0.29, 0.717) is 24.6 Å². The van der Waals surface area contributed by atoms with Gasteiger partial charge < -0.3 is 24.4 Å². The van der Waals surface area contributed by atoms with Gasteiger partial charge in [-0.3, -0.25) is 4.79 Å². The van der Waals surface area contributed by atoms with Gasteiger partial charge in [0.05, 0.1) is 19.2 Å². The molecule has 1 aromatic carbocycles. The van der Waals surface area contributed by atoms with Crippen LogP contribution in [0.25, 0.3) is 10.9 Å². The minimum Gasteiger partial charge on any atom is -0.493 e. The fraction of sp³-hybridized carbons (Fsp3) is 0.600. The second-order valence-corrected chi connectivity index (χ2v) is 9.26. The number of nitrogens with zero attached hydrogens (tertiary/aromatic N) is 2. The first-order valence-electron chi connectivity index (χ1n) is 11.8. The van der Waals surface area contributed by atoms with Crippen molar-refractivity contribution in [1.29, 1.82) is 0 Å². The lowest BCUT2D eigenvalue weighted by Crippen LogP contribution is -2.21. The van der Waals surface area contributed by atoms with Gasteiger partial charge in [0.2, 0.25) is 0 Å². The van der Waals surface area contributed by atoms with E-state index in [4.69, 9.17) is 19.2 Å². The quantitative estimate of drug-likeness (QED) is 0.434. The maximum atomic E-state index is 11.2. The number of aromatic nitrogens is 1. The molecule has 32 heavy (non-hydrogen) atoms. The van der Waals surface area contributed by atoms with Crippen LogP contribution in [-0.2, 0) is 16.0 Å². The zero-order valence-electron chi connectivity index (χ0n) is 19.6. The minimum atomic E-state index is -0.294. The molecule has 0 radical (unpaired) electrons. The molecule has 2 aromatic rings. The zero-order chi connectivity index (χ0) is 22.7. The first-order chi connectivity index (χ1) is 15.5. The Morgan fingerprint density at radius 3 is 2.72 bits per heavy atom. The van der Waals surface area contributed by atoms with E-state index in [0.717, 1.165) is 47.2 Å². The fourth-order valence-corrected chi connectivity index (χ4v) is 4.98. The maximum Gasteiger partial charge on any atom is 0.293 e. The Kier molecular flexibility index (Phi) is 7.04. The summed E-state index contributed by atoms with van der Waals surface area (Å²) in [5, 5.41) is 4.43. The summed E-state index contributed by atoms with van der Waals surface area (Å²) in [6.45, 7) is 10.9. The second kappa shape index (κ2) is 9.94. The first kappa shape index (κ1) is 22.6. The average molecular weight is 442 g/mol. The molecule has 0 saturated carbocycles. The Morgan fingerprint density at radius 2 is 2.03 bits per heavy atom. The predicted octanol–water partition coefficient (Wildman–Crippen LogP) is 4.33. The van der Waals surface area contributed by atoms with Gasteiger partial charge in [-0.25, -0.2) is 4.98 Å². The molecule has 2 unspecified atom stereocenters. The van der Waals surface area contributed by atoms with E-state index in [1.165, 1.54) is 25.9 Å². The van der Waals surface area contributed by atoms with Gasteiger partial charge in [-0.05, 0) is 58.7 Å². The van der Waals surface area contributed by atoms with Gasteiger partial charge in [0.1, 0.15) is 11.9 Å². The highest BCUT2D eigenvalue weighted by molar-refractivity contribution is 5.90. The molecule has 1 saturated heterocycles. The van der Waals surface area contributed by atoms with Crippen molar-refractivity contribution < 1.29 is 19.0 Å². The highest BCUT2D eigenvalue weighted by Crippen LogP contribution is 2.46. The Bertz CT molecular complexity index is 956. The molecule has 7 nitrogen and oxygen atoms in total. The van der Waals surface area contributed by atoms with Crippen molar-refractivity contribution in [1.82, 2.24) is 9.88 Å². The summed E-state index contributed by atoms with van der Waals surface area (Å²) in [7, 11) is 1.66. The number of rotatable bonds is 10. The van der Waals surface area contributed by atoms with Crippen LogP contribution in [0.3, 0.4) is 0 Å². The number of hydrogen-bond donors (Lipinski definition) is 1. The number of nitrogens with one attached hydrogen (secondary N) is 1. The molecule has 1 fully saturated rings. The van der Waals surface area contributed by atoms with Crippen LogP contribution in [0.4, 0.5) is 5.82 Å². The monoisotopic (exact) mass is 441 g/mol. The van der Waals surface area contributed by atoms with Crippen LogP contribution in [0.1, 0.15) is 57.3 Å². The molecule has 0 amide bonds. The van der Waals surface area contributed by atoms with Crippen LogP contribution in [0.15, 0.2) is 12.1 Å². The topological polar surface area (TPSA) is 72.9 Å². The summed E-state index contributed by atoms with van der Waals surface area (Å²) in [6.07, 6.45) is 4.09. The molecule has 2 atom stereocenters. The Hall–Kier alpha value is -2.54. The first-order valence-corrected chi connectivity index (χ1v) is 11.8. The van der Waals surface area contributed by atoms with Gasteiger partial charge in [-0.15, -0.1) is 0 Å². The number of likely N-dealkylation sites (tertiary alicyclic amines) is 1. The SMILES string of the molecule is COc1cc2c3c(c(NC(C)C)nc2cc1OCCCN1CCCC1)CC(C)C3OC=O. The van der Waals surface area contributed by atoms with Crippen LogP contribution in [0.5, 0.6) is 11.5 Å². The van der Waals surface area contributed by atoms with E-state index in [-0.39, 0.29) is 18.1 Å². The smallest absolute Gasteiger partial charge is 0.293 e. The van der Waals surface area contributed by atoms with E-state index in [9.17, 15) is 4.79 Å². The molecule has 1 N–H and O–H groups in total. The molecule has 174 valence electrons. The standard InChI is InChI=1S/C25H35N3O4/c1-16(2)26-25-19-12-17(3)24(32-15-29)23(19)18-13-21(30-4)22(14-20(18)27-25)31-11-7-10-28-8-5-6-9-28/h13-17,24H,5-12H2,1-4H3,(H,26,27). The summed E-state index contributed by atoms with van der Waals surface area (Å²) < 4.78 is 17.3. The number of hydrogen-bond acceptors (Lipinski definition) is 7. The third-order valence-electron chi connectivity index (χ3n) is 6.45. The number of benzene rings is 1. The second-order valence-electron chi connectivity index (χ2n) is 9.26. The predicted molar refractivity (Wildman–Crippen MR) is 126 cm³/mol. The lowest BCUT2D eigenvalue weighted by atomic mass is 10.0. The number of methoxy groups -OCH3 is 1. The van der Waals surface area contributed by atoms with Crippen LogP contribution in [0, 0.1) is 5.92 Å². The molecule has 1 aliphatic carbocycles. The van der Waals surface area contributed by atoms with E-state index in [2.05, 4.69) is 31.0 Å². The Morgan fingerprint density at radius 1 is 1.25 bits per heavy atom. The van der Waals surface area contributed by atoms with Crippen LogP contribution in [0.2, 0.25) is 0 Å². The summed E-state index contributed by atoms with van der Waals surface area (Å²) >= 11 is 0. The summed E-state index contributed by atoms with van der Waals surface area (Å²) in [5.74, 6) is 2.42. The van der Waals surface area contributed by atoms with E-state index < -0.39 is 0 Å². The molecule has 0 bridgehead atoms. The van der Waals surface area contributed by atoms with Crippen molar-refractivity contribution in [2.75, 3.05) is 38.7 Å². The molecular formula is C25H35N3O4. The third-order valence-corrected chi connectivity index (χ3v) is 6.45. The summed E-state index contributed by atoms with van der Waals surface area (Å²) in [5.41, 5.74) is 2.96. The molecule has 2 heterocycles. The highest BCUT2D eigenvalue weighted by atomic mass is 16.5. The minimum absolute atomic E-state index is 0.183. The zero-order valence-corrected chi connectivity index (χ0v) is 19.6. The van der Waals surface area contributed by atoms with E-state index in [1.807, 2.05) is 12.1 Å². The fourth-order valence-electron chi connectivity index (χ4n) is 4.98. The number of pyridine rings is 1. The molecule has 1 aliphatic heterocycles. The number of carbonyl (C=O) groups excluding carboxylic acids is 1. The van der Waals surface area contributed by atoms with Crippen molar-refractivity contribution in [3.63, 3.8) is 0 Å². The molecule has 0 spiro atoms. The average Bonchev–Trinajstić information content (AvgIpc) is 3.39. The lowest BCUT2D eigenvalue weighted by Gasteiger charge is -2.20. The van der Waals surface area contributed by atoms with Gasteiger partial charge in [0.25, 0.3) is 6.47 Å². The van der Waals surface area contributed by atoms with Crippen LogP contribution in [-0.4, -0.2) is 55.7 Å². The Balaban J connectivity index is 1.66. The van der Waals surface area contributed by atoms with Crippen molar-refractivity contribution in [2.24, 2.45) is 5.92 Å². The molecular weight excluding hydrogens is 406 g/mol. The van der Waals surface area contributed by atoms with Crippen LogP contribution < -0.4 is 14.8 Å². The molecule has 4 rings (SSSR count). The van der Waals surface area contributed by atoms with Crippen molar-refractivity contribution in [3.05, 3.63) is 23.3 Å². The molecule has 2 aliphatic rings. The lowest BCUT2D eigenvalue weighted by molar-refractivity contribution is -0.135. The molecule has 7 heteroatoms. The van der Waals surface area contributed by atoms with Gasteiger partial charge in [0.15, 0.2) is 11.5 Å². The normalized spacial score (nSPS) is 20.5. The summed E-state index contributed by atoms with van der Waals surface area (Å²) in [6, 6.07) is 4.18. The number of carbonyl (C=O) groups is 1. The summed E-state index contributed by atoms with van der Waals surface area (Å²) in [4.78, 5) is 18.7. The van der Waals surface area contributed by atoms with Gasteiger partial charge >= 0.3 is 0 Å². The Labute approximate surface area is 190 Å². The van der Waals surface area contributed by atoms with Crippen molar-refractivity contribution in [3.8, 4) is 11.5 Å². The van der Waals surface area contributed by atoms with Crippen molar-refractivity contribution >= 4 is 23.2 Å². The van der Waals surface area contributed by atoms with Crippen molar-refractivity contribution in [2.45, 2.75) is 58.6 Å². The number of anilines is 1. The molecule has 1 aromatic heterocycles. The largest absolute Gasteiger partial charge is 0.493 e. The maximum absolute atomic E-state index is 11.2. The van der Waals surface area contributed by atoms with Gasteiger partial charge in [-0.2, -0.15) is 0 Å². The number of fused-ring (bicyclic) bond motifs is 3. The van der Waals surface area contributed by atoms with Crippen LogP contribution >= 0.6 is 0 Å². The third kappa shape index (κ3) is 4.63. The van der Waals surface area contributed by atoms with E-state index >= 15 is 0 Å². The van der Waals surface area contributed by atoms with Gasteiger partial charge in [0, 0.05) is 41.1 Å². The highest BCUT2D eigenvalue weighted by Gasteiger charge is 2.36. The van der Waals surface area contributed by atoms with E-state index in [1.54, 1.807) is 7.11 Å². The number of ether oxygens (including phenoxy) is 3.